The third kappa shape index (κ3) is 4.06. The molecule has 1 fully saturated rings. The number of cyclic esters (lactones) is 1. The Kier molecular flexibility index (Phi) is 5.44. The largest absolute Gasteiger partial charge is 0.445 e. The summed E-state index contributed by atoms with van der Waals surface area (Å²) in [7, 11) is 0. The number of esters is 1. The van der Waals surface area contributed by atoms with Crippen molar-refractivity contribution in [1.29, 1.82) is 0 Å². The molecule has 168 valence electrons. The topological polar surface area (TPSA) is 66.9 Å². The molecule has 2 aromatic carbocycles. The van der Waals surface area contributed by atoms with Gasteiger partial charge in [-0.15, -0.1) is 0 Å². The molecule has 0 spiro atoms. The minimum absolute atomic E-state index is 0.0515. The van der Waals surface area contributed by atoms with Crippen LogP contribution in [-0.4, -0.2) is 59.4 Å². The number of ether oxygens (including phenoxy) is 1. The van der Waals surface area contributed by atoms with Gasteiger partial charge in [-0.3, -0.25) is 9.59 Å². The highest BCUT2D eigenvalue weighted by atomic mass is 19.4. The lowest BCUT2D eigenvalue weighted by Gasteiger charge is -2.40. The van der Waals surface area contributed by atoms with E-state index in [1.54, 1.807) is 31.2 Å². The fourth-order valence-electron chi connectivity index (χ4n) is 4.11. The average Bonchev–Trinajstić information content (AvgIpc) is 2.77. The van der Waals surface area contributed by atoms with Crippen molar-refractivity contribution in [3.05, 3.63) is 70.8 Å². The van der Waals surface area contributed by atoms with E-state index in [1.807, 2.05) is 0 Å². The number of piperazine rings is 1. The first-order valence-electron chi connectivity index (χ1n) is 10.2. The number of rotatable bonds is 2. The number of hydrogen-bond donors (Lipinski definition) is 0. The van der Waals surface area contributed by atoms with E-state index in [9.17, 15) is 27.6 Å². The van der Waals surface area contributed by atoms with Gasteiger partial charge >= 0.3 is 12.1 Å². The van der Waals surface area contributed by atoms with Crippen LogP contribution >= 0.6 is 0 Å². The van der Waals surface area contributed by atoms with E-state index in [2.05, 4.69) is 0 Å². The Morgan fingerprint density at radius 2 is 1.62 bits per heavy atom. The zero-order chi connectivity index (χ0) is 23.1. The molecule has 32 heavy (non-hydrogen) atoms. The Labute approximate surface area is 182 Å². The molecule has 9 heteroatoms. The summed E-state index contributed by atoms with van der Waals surface area (Å²) in [5.41, 5.74) is -1.11. The van der Waals surface area contributed by atoms with E-state index in [4.69, 9.17) is 4.74 Å². The first kappa shape index (κ1) is 21.9. The van der Waals surface area contributed by atoms with Gasteiger partial charge in [-0.05, 0) is 36.8 Å². The molecule has 2 aromatic rings. The molecule has 2 aliphatic rings. The third-order valence-electron chi connectivity index (χ3n) is 5.83. The summed E-state index contributed by atoms with van der Waals surface area (Å²) in [6, 6.07) is 11.2. The Hall–Kier alpha value is -3.36. The van der Waals surface area contributed by atoms with Gasteiger partial charge in [-0.25, -0.2) is 4.79 Å². The van der Waals surface area contributed by atoms with Gasteiger partial charge < -0.3 is 14.5 Å². The second-order valence-electron chi connectivity index (χ2n) is 8.12. The number of benzene rings is 2. The molecule has 0 N–H and O–H groups in total. The fraction of sp³-hybridized carbons (Fsp3) is 0.348. The number of carbonyl (C=O) groups is 3. The van der Waals surface area contributed by atoms with E-state index < -0.39 is 29.2 Å². The normalized spacial score (nSPS) is 21.1. The molecule has 1 atom stereocenters. The minimum atomic E-state index is -4.53. The van der Waals surface area contributed by atoms with E-state index in [1.165, 1.54) is 21.9 Å². The van der Waals surface area contributed by atoms with Gasteiger partial charge in [0.25, 0.3) is 11.8 Å². The predicted octanol–water partition coefficient (Wildman–Crippen LogP) is 3.16. The Morgan fingerprint density at radius 3 is 2.31 bits per heavy atom. The molecule has 2 amide bonds. The zero-order valence-electron chi connectivity index (χ0n) is 17.3. The van der Waals surface area contributed by atoms with E-state index in [-0.39, 0.29) is 44.1 Å². The lowest BCUT2D eigenvalue weighted by Crippen LogP contribution is -2.58. The lowest BCUT2D eigenvalue weighted by molar-refractivity contribution is -0.152. The maximum atomic E-state index is 13.2. The third-order valence-corrected chi connectivity index (χ3v) is 5.83. The Morgan fingerprint density at radius 1 is 0.969 bits per heavy atom. The maximum Gasteiger partial charge on any atom is 0.416 e. The molecule has 1 unspecified atom stereocenters. The van der Waals surface area contributed by atoms with Crippen molar-refractivity contribution < 1.29 is 32.3 Å². The molecule has 2 heterocycles. The number of nitrogens with zero attached hydrogens (tertiary/aromatic N) is 2. The van der Waals surface area contributed by atoms with Gasteiger partial charge in [0.1, 0.15) is 0 Å². The van der Waals surface area contributed by atoms with Crippen LogP contribution in [0.1, 0.15) is 38.8 Å². The molecular weight excluding hydrogens is 425 g/mol. The number of amides is 2. The van der Waals surface area contributed by atoms with Crippen molar-refractivity contribution in [2.75, 3.05) is 26.2 Å². The van der Waals surface area contributed by atoms with Crippen LogP contribution in [0.2, 0.25) is 0 Å². The first-order chi connectivity index (χ1) is 15.1. The summed E-state index contributed by atoms with van der Waals surface area (Å²) in [6.45, 7) is 2.29. The number of fused-ring (bicyclic) bond motifs is 1. The van der Waals surface area contributed by atoms with Crippen molar-refractivity contribution in [3.63, 3.8) is 0 Å². The van der Waals surface area contributed by atoms with Crippen LogP contribution in [0.25, 0.3) is 0 Å². The van der Waals surface area contributed by atoms with Crippen LogP contribution in [0, 0.1) is 0 Å². The molecule has 0 bridgehead atoms. The second-order valence-corrected chi connectivity index (χ2v) is 8.12. The number of carbonyl (C=O) groups excluding carboxylic acids is 3. The maximum absolute atomic E-state index is 13.2. The van der Waals surface area contributed by atoms with Crippen molar-refractivity contribution in [2.24, 2.45) is 0 Å². The molecule has 0 aromatic heterocycles. The van der Waals surface area contributed by atoms with Crippen molar-refractivity contribution >= 4 is 17.8 Å². The lowest BCUT2D eigenvalue weighted by atomic mass is 9.88. The number of hydrogen-bond acceptors (Lipinski definition) is 4. The zero-order valence-corrected chi connectivity index (χ0v) is 17.3. The molecule has 0 aliphatic carbocycles. The molecule has 0 saturated carbocycles. The Balaban J connectivity index is 1.42. The van der Waals surface area contributed by atoms with Crippen LogP contribution in [0.4, 0.5) is 13.2 Å². The van der Waals surface area contributed by atoms with Gasteiger partial charge in [-0.2, -0.15) is 13.2 Å². The minimum Gasteiger partial charge on any atom is -0.445 e. The van der Waals surface area contributed by atoms with Gasteiger partial charge in [-0.1, -0.05) is 24.3 Å². The second kappa shape index (κ2) is 7.96. The quantitative estimate of drug-likeness (QED) is 0.665. The fourth-order valence-corrected chi connectivity index (χ4v) is 4.11. The number of alkyl halides is 3. The van der Waals surface area contributed by atoms with E-state index >= 15 is 0 Å². The summed E-state index contributed by atoms with van der Waals surface area (Å²) < 4.78 is 44.3. The van der Waals surface area contributed by atoms with Crippen LogP contribution in [-0.2, 0) is 22.1 Å². The molecule has 2 aliphatic heterocycles. The highest BCUT2D eigenvalue weighted by molar-refractivity contribution is 5.98. The van der Waals surface area contributed by atoms with Gasteiger partial charge in [0.2, 0.25) is 0 Å². The van der Waals surface area contributed by atoms with Gasteiger partial charge in [0.05, 0.1) is 11.1 Å². The van der Waals surface area contributed by atoms with Crippen LogP contribution < -0.4 is 0 Å². The number of halogens is 3. The van der Waals surface area contributed by atoms with Crippen molar-refractivity contribution in [2.45, 2.75) is 25.1 Å². The highest BCUT2D eigenvalue weighted by Gasteiger charge is 2.45. The molecular formula is C23H21F3N2O4. The summed E-state index contributed by atoms with van der Waals surface area (Å²) in [5.74, 6) is -1.43. The Bertz CT molecular complexity index is 1080. The highest BCUT2D eigenvalue weighted by Crippen LogP contribution is 2.31. The molecule has 4 rings (SSSR count). The van der Waals surface area contributed by atoms with Gasteiger partial charge in [0, 0.05) is 38.2 Å². The van der Waals surface area contributed by atoms with Crippen LogP contribution in [0.3, 0.4) is 0 Å². The average molecular weight is 446 g/mol. The van der Waals surface area contributed by atoms with Crippen LogP contribution in [0.5, 0.6) is 0 Å². The summed E-state index contributed by atoms with van der Waals surface area (Å²) in [4.78, 5) is 41.1. The SMILES string of the molecule is CC1(C(=O)N2CCN(C(=O)c3cccc(C(F)(F)F)c3)CC2)Cc2ccccc2C(=O)O1. The molecule has 0 radical (unpaired) electrons. The first-order valence-corrected chi connectivity index (χ1v) is 10.2. The van der Waals surface area contributed by atoms with Crippen LogP contribution in [0.15, 0.2) is 48.5 Å². The van der Waals surface area contributed by atoms with Gasteiger partial charge in [0.15, 0.2) is 5.60 Å². The summed E-state index contributed by atoms with van der Waals surface area (Å²) in [6.07, 6.45) is -4.29. The standard InChI is InChI=1S/C23H21F3N2O4/c1-22(14-16-5-2-3-8-18(16)20(30)32-22)21(31)28-11-9-27(10-12-28)19(29)15-6-4-7-17(13-15)23(24,25)26/h2-8,13H,9-12,14H2,1H3. The smallest absolute Gasteiger partial charge is 0.416 e. The predicted molar refractivity (Wildman–Crippen MR) is 108 cm³/mol. The molecule has 1 saturated heterocycles. The summed E-state index contributed by atoms with van der Waals surface area (Å²) >= 11 is 0. The summed E-state index contributed by atoms with van der Waals surface area (Å²) in [5, 5.41) is 0. The van der Waals surface area contributed by atoms with E-state index in [0.29, 0.717) is 5.56 Å². The molecule has 6 nitrogen and oxygen atoms in total. The van der Waals surface area contributed by atoms with E-state index in [0.717, 1.165) is 17.7 Å². The monoisotopic (exact) mass is 446 g/mol. The van der Waals surface area contributed by atoms with Crippen molar-refractivity contribution in [3.8, 4) is 0 Å². The van der Waals surface area contributed by atoms with Crippen molar-refractivity contribution in [1.82, 2.24) is 9.80 Å².